The van der Waals surface area contributed by atoms with Gasteiger partial charge < -0.3 is 4.74 Å². The molecular formula is C16H14O2S. The molecule has 0 aliphatic heterocycles. The van der Waals surface area contributed by atoms with Crippen molar-refractivity contribution in [2.75, 3.05) is 0 Å². The second kappa shape index (κ2) is 6.25. The third-order valence-electron chi connectivity index (χ3n) is 2.36. The van der Waals surface area contributed by atoms with Crippen LogP contribution >= 0.6 is 11.8 Å². The zero-order chi connectivity index (χ0) is 13.7. The molecule has 0 aromatic heterocycles. The van der Waals surface area contributed by atoms with Gasteiger partial charge in [-0.25, -0.2) is 4.79 Å². The predicted octanol–water partition coefficient (Wildman–Crippen LogP) is 4.32. The lowest BCUT2D eigenvalue weighted by Gasteiger charge is -2.05. The first-order valence-corrected chi connectivity index (χ1v) is 6.67. The molecule has 0 aliphatic rings. The Hall–Kier alpha value is -2.00. The molecule has 0 bridgehead atoms. The third kappa shape index (κ3) is 4.00. The van der Waals surface area contributed by atoms with Crippen molar-refractivity contribution < 1.29 is 9.53 Å². The van der Waals surface area contributed by atoms with Crippen LogP contribution in [0.15, 0.2) is 76.5 Å². The number of rotatable bonds is 4. The van der Waals surface area contributed by atoms with Crippen molar-refractivity contribution in [1.29, 1.82) is 0 Å². The maximum atomic E-state index is 11.4. The first kappa shape index (κ1) is 13.4. The van der Waals surface area contributed by atoms with Gasteiger partial charge >= 0.3 is 5.97 Å². The van der Waals surface area contributed by atoms with Crippen LogP contribution in [0, 0.1) is 0 Å². The highest BCUT2D eigenvalue weighted by atomic mass is 32.2. The Morgan fingerprint density at radius 2 is 1.58 bits per heavy atom. The van der Waals surface area contributed by atoms with Gasteiger partial charge in [0.25, 0.3) is 0 Å². The Bertz CT molecular complexity index is 573. The van der Waals surface area contributed by atoms with Crippen LogP contribution in [0.4, 0.5) is 0 Å². The van der Waals surface area contributed by atoms with E-state index in [2.05, 4.69) is 18.7 Å². The number of carbonyl (C=O) groups excluding carboxylic acids is 1. The van der Waals surface area contributed by atoms with E-state index in [1.54, 1.807) is 30.8 Å². The van der Waals surface area contributed by atoms with Crippen LogP contribution in [0.25, 0.3) is 0 Å². The molecule has 0 amide bonds. The predicted molar refractivity (Wildman–Crippen MR) is 77.5 cm³/mol. The second-order valence-electron chi connectivity index (χ2n) is 4.06. The Morgan fingerprint density at radius 3 is 2.16 bits per heavy atom. The third-order valence-corrected chi connectivity index (χ3v) is 3.38. The summed E-state index contributed by atoms with van der Waals surface area (Å²) in [6.45, 7) is 5.17. The Balaban J connectivity index is 2.03. The average Bonchev–Trinajstić information content (AvgIpc) is 2.42. The van der Waals surface area contributed by atoms with E-state index < -0.39 is 5.97 Å². The summed E-state index contributed by atoms with van der Waals surface area (Å²) in [5, 5.41) is 0. The molecule has 2 nitrogen and oxygen atoms in total. The topological polar surface area (TPSA) is 26.3 Å². The van der Waals surface area contributed by atoms with Crippen molar-refractivity contribution in [3.05, 3.63) is 66.7 Å². The standard InChI is InChI=1S/C16H14O2S/c1-12(2)16(17)18-13-8-10-15(11-9-13)19-14-6-4-3-5-7-14/h3-11H,1H2,2H3. The summed E-state index contributed by atoms with van der Waals surface area (Å²) in [6.07, 6.45) is 0. The van der Waals surface area contributed by atoms with Gasteiger partial charge in [0.1, 0.15) is 5.75 Å². The molecule has 0 unspecified atom stereocenters. The van der Waals surface area contributed by atoms with Gasteiger partial charge in [0.05, 0.1) is 0 Å². The summed E-state index contributed by atoms with van der Waals surface area (Å²) in [4.78, 5) is 13.6. The zero-order valence-corrected chi connectivity index (χ0v) is 11.4. The van der Waals surface area contributed by atoms with Crippen LogP contribution in [0.1, 0.15) is 6.92 Å². The Kier molecular flexibility index (Phi) is 4.42. The molecule has 96 valence electrons. The minimum Gasteiger partial charge on any atom is -0.423 e. The fourth-order valence-electron chi connectivity index (χ4n) is 1.39. The molecule has 2 aromatic carbocycles. The molecule has 0 fully saturated rings. The summed E-state index contributed by atoms with van der Waals surface area (Å²) in [6, 6.07) is 17.5. The van der Waals surface area contributed by atoms with Crippen LogP contribution in [0.2, 0.25) is 0 Å². The van der Waals surface area contributed by atoms with Gasteiger partial charge in [-0.15, -0.1) is 0 Å². The maximum absolute atomic E-state index is 11.4. The molecule has 0 atom stereocenters. The molecule has 2 rings (SSSR count). The van der Waals surface area contributed by atoms with Gasteiger partial charge in [-0.05, 0) is 43.3 Å². The summed E-state index contributed by atoms with van der Waals surface area (Å²) >= 11 is 1.66. The summed E-state index contributed by atoms with van der Waals surface area (Å²) in [7, 11) is 0. The van der Waals surface area contributed by atoms with E-state index in [0.29, 0.717) is 11.3 Å². The lowest BCUT2D eigenvalue weighted by atomic mass is 10.3. The van der Waals surface area contributed by atoms with Gasteiger partial charge in [0, 0.05) is 15.4 Å². The fraction of sp³-hybridized carbons (Fsp3) is 0.0625. The van der Waals surface area contributed by atoms with Crippen molar-refractivity contribution in [2.24, 2.45) is 0 Å². The van der Waals surface area contributed by atoms with E-state index in [9.17, 15) is 4.79 Å². The van der Waals surface area contributed by atoms with Gasteiger partial charge in [0.2, 0.25) is 0 Å². The number of carbonyl (C=O) groups is 1. The molecule has 3 heteroatoms. The van der Waals surface area contributed by atoms with Crippen molar-refractivity contribution in [3.63, 3.8) is 0 Å². The lowest BCUT2D eigenvalue weighted by molar-refractivity contribution is -0.130. The normalized spacial score (nSPS) is 9.95. The van der Waals surface area contributed by atoms with E-state index in [-0.39, 0.29) is 0 Å². The Morgan fingerprint density at radius 1 is 1.00 bits per heavy atom. The van der Waals surface area contributed by atoms with Crippen molar-refractivity contribution >= 4 is 17.7 Å². The second-order valence-corrected chi connectivity index (χ2v) is 5.20. The van der Waals surface area contributed by atoms with Gasteiger partial charge in [0.15, 0.2) is 0 Å². The first-order chi connectivity index (χ1) is 9.15. The SMILES string of the molecule is C=C(C)C(=O)Oc1ccc(Sc2ccccc2)cc1. The molecule has 0 saturated heterocycles. The molecule has 2 aromatic rings. The Labute approximate surface area is 117 Å². The number of hydrogen-bond donors (Lipinski definition) is 0. The largest absolute Gasteiger partial charge is 0.423 e. The van der Waals surface area contributed by atoms with Crippen LogP contribution in [-0.4, -0.2) is 5.97 Å². The molecule has 19 heavy (non-hydrogen) atoms. The summed E-state index contributed by atoms with van der Waals surface area (Å²) < 4.78 is 5.13. The molecular weight excluding hydrogens is 256 g/mol. The monoisotopic (exact) mass is 270 g/mol. The minimum atomic E-state index is -0.400. The number of benzene rings is 2. The molecule has 0 N–H and O–H groups in total. The zero-order valence-electron chi connectivity index (χ0n) is 10.6. The number of esters is 1. The van der Waals surface area contributed by atoms with Crippen LogP contribution < -0.4 is 4.74 Å². The summed E-state index contributed by atoms with van der Waals surface area (Å²) in [5.74, 6) is 0.133. The van der Waals surface area contributed by atoms with Crippen molar-refractivity contribution in [2.45, 2.75) is 16.7 Å². The summed E-state index contributed by atoms with van der Waals surface area (Å²) in [5.41, 5.74) is 0.391. The van der Waals surface area contributed by atoms with E-state index in [0.717, 1.165) is 4.90 Å². The highest BCUT2D eigenvalue weighted by Crippen LogP contribution is 2.28. The molecule has 0 spiro atoms. The van der Waals surface area contributed by atoms with Crippen molar-refractivity contribution in [3.8, 4) is 5.75 Å². The van der Waals surface area contributed by atoms with Crippen molar-refractivity contribution in [1.82, 2.24) is 0 Å². The van der Waals surface area contributed by atoms with Crippen LogP contribution in [-0.2, 0) is 4.79 Å². The molecule has 0 aliphatic carbocycles. The van der Waals surface area contributed by atoms with Crippen LogP contribution in [0.5, 0.6) is 5.75 Å². The average molecular weight is 270 g/mol. The highest BCUT2D eigenvalue weighted by Gasteiger charge is 2.05. The van der Waals surface area contributed by atoms with Gasteiger partial charge in [-0.2, -0.15) is 0 Å². The maximum Gasteiger partial charge on any atom is 0.338 e. The quantitative estimate of drug-likeness (QED) is 0.470. The van der Waals surface area contributed by atoms with E-state index in [4.69, 9.17) is 4.74 Å². The van der Waals surface area contributed by atoms with Gasteiger partial charge in [-0.3, -0.25) is 0 Å². The smallest absolute Gasteiger partial charge is 0.338 e. The fourth-order valence-corrected chi connectivity index (χ4v) is 2.23. The number of ether oxygens (including phenoxy) is 1. The van der Waals surface area contributed by atoms with E-state index in [1.165, 1.54) is 4.90 Å². The molecule has 0 heterocycles. The number of hydrogen-bond acceptors (Lipinski definition) is 3. The lowest BCUT2D eigenvalue weighted by Crippen LogP contribution is -2.07. The van der Waals surface area contributed by atoms with E-state index >= 15 is 0 Å². The van der Waals surface area contributed by atoms with E-state index in [1.807, 2.05) is 30.3 Å². The van der Waals surface area contributed by atoms with Gasteiger partial charge in [-0.1, -0.05) is 36.5 Å². The molecule has 0 radical (unpaired) electrons. The first-order valence-electron chi connectivity index (χ1n) is 5.86. The highest BCUT2D eigenvalue weighted by molar-refractivity contribution is 7.99. The minimum absolute atomic E-state index is 0.391. The van der Waals surface area contributed by atoms with Crippen LogP contribution in [0.3, 0.4) is 0 Å². The molecule has 0 saturated carbocycles.